The molecule has 3 heteroatoms. The molecule has 0 spiro atoms. The van der Waals surface area contributed by atoms with Gasteiger partial charge in [-0.15, -0.1) is 41.0 Å². The minimum atomic E-state index is 0. The maximum atomic E-state index is 3.61. The molecule has 2 aliphatic carbocycles. The Labute approximate surface area is 229 Å². The van der Waals surface area contributed by atoms with Crippen LogP contribution in [0.4, 0.5) is 0 Å². The van der Waals surface area contributed by atoms with Gasteiger partial charge in [0.1, 0.15) is 0 Å². The fourth-order valence-electron chi connectivity index (χ4n) is 4.27. The third kappa shape index (κ3) is 5.84. The minimum absolute atomic E-state index is 0. The normalized spacial score (nSPS) is 12.2. The molecule has 0 N–H and O–H groups in total. The molecule has 0 heterocycles. The summed E-state index contributed by atoms with van der Waals surface area (Å²) in [5.74, 6) is 0. The molecule has 6 rings (SSSR count). The molecule has 4 aromatic carbocycles. The molecule has 2 aliphatic rings. The first-order valence-electron chi connectivity index (χ1n) is 11.0. The summed E-state index contributed by atoms with van der Waals surface area (Å²) in [6, 6.07) is 37.9. The molecule has 0 atom stereocenters. The average Bonchev–Trinajstić information content (AvgIpc) is 3.53. The van der Waals surface area contributed by atoms with Gasteiger partial charge in [0.15, 0.2) is 0 Å². The molecule has 0 amide bonds. The van der Waals surface area contributed by atoms with Gasteiger partial charge >= 0.3 is 98.9 Å². The number of benzene rings is 4. The molecule has 0 unspecified atom stereocenters. The average molecular weight is 645 g/mol. The van der Waals surface area contributed by atoms with Crippen LogP contribution in [-0.4, -0.2) is 3.26 Å². The van der Waals surface area contributed by atoms with Crippen LogP contribution in [0.15, 0.2) is 115 Å². The smallest absolute Gasteiger partial charge is 0.0195 e. The van der Waals surface area contributed by atoms with Crippen molar-refractivity contribution < 1.29 is 48.7 Å². The zero-order valence-corrected chi connectivity index (χ0v) is 23.7. The van der Waals surface area contributed by atoms with Crippen molar-refractivity contribution in [3.05, 3.63) is 149 Å². The molecule has 0 aromatic heterocycles. The molecule has 0 nitrogen and oxygen atoms in total. The maximum Gasteiger partial charge on any atom is -0.0195 e. The quantitative estimate of drug-likeness (QED) is 0.205. The van der Waals surface area contributed by atoms with Crippen molar-refractivity contribution in [3.8, 4) is 11.1 Å². The third-order valence-electron chi connectivity index (χ3n) is 5.94. The standard InChI is InChI=1S/C18H13.C13H10.2ClH.Hf/c1-2-6-13(5-1)14-9-10-18-16(11-14)12-15-7-3-4-8-17(15)18;1-3-7-12(8-4-1)11-13-9-5-2-6-10-13;;;/h1-5,7-10H,6,12H2;1-10H;2*1H;/q-1;;;;+2/p-2. The fourth-order valence-corrected chi connectivity index (χ4v) is 5.47. The second-order valence-corrected chi connectivity index (χ2v) is 9.83. The first-order valence-corrected chi connectivity index (χ1v) is 12.8. The molecule has 0 saturated carbocycles. The van der Waals surface area contributed by atoms with Gasteiger partial charge in [0.25, 0.3) is 0 Å². The summed E-state index contributed by atoms with van der Waals surface area (Å²) in [6.07, 6.45) is 8.60. The van der Waals surface area contributed by atoms with Crippen molar-refractivity contribution in [2.45, 2.75) is 12.8 Å². The molecule has 166 valence electrons. The Kier molecular flexibility index (Phi) is 9.59. The van der Waals surface area contributed by atoms with Gasteiger partial charge in [0.2, 0.25) is 0 Å². The van der Waals surface area contributed by atoms with Crippen LogP contribution in [-0.2, 0) is 30.3 Å². The van der Waals surface area contributed by atoms with E-state index in [2.05, 4.69) is 121 Å². The third-order valence-corrected chi connectivity index (χ3v) is 8.02. The maximum absolute atomic E-state index is 3.61. The summed E-state index contributed by atoms with van der Waals surface area (Å²) < 4.78 is 1.46. The molecular formula is C31H23Cl2Hf-. The Hall–Kier alpha value is -2.32. The number of allylic oxidation sites excluding steroid dienone is 4. The van der Waals surface area contributed by atoms with E-state index in [9.17, 15) is 0 Å². The Balaban J connectivity index is 0.000000186. The summed E-state index contributed by atoms with van der Waals surface area (Å²) in [7, 11) is 0. The summed E-state index contributed by atoms with van der Waals surface area (Å²) in [5, 5.41) is 0. The monoisotopic (exact) mass is 645 g/mol. The minimum Gasteiger partial charge on any atom is -0.147 e. The molecule has 0 aliphatic heterocycles. The molecule has 0 radical (unpaired) electrons. The molecule has 0 bridgehead atoms. The van der Waals surface area contributed by atoms with Gasteiger partial charge in [-0.05, 0) is 18.4 Å². The number of hydrogen-bond donors (Lipinski definition) is 0. The molecule has 4 aromatic rings. The van der Waals surface area contributed by atoms with Crippen LogP contribution >= 0.6 is 0 Å². The van der Waals surface area contributed by atoms with Crippen molar-refractivity contribution in [2.75, 3.05) is 0 Å². The van der Waals surface area contributed by atoms with E-state index in [-0.39, 0.29) is 24.8 Å². The van der Waals surface area contributed by atoms with Crippen molar-refractivity contribution >= 4 is 8.83 Å². The summed E-state index contributed by atoms with van der Waals surface area (Å²) >= 11 is 1.08. The second kappa shape index (κ2) is 12.4. The largest absolute Gasteiger partial charge is 0.147 e. The zero-order chi connectivity index (χ0) is 21.8. The second-order valence-electron chi connectivity index (χ2n) is 8.03. The van der Waals surface area contributed by atoms with Crippen molar-refractivity contribution in [1.29, 1.82) is 0 Å². The van der Waals surface area contributed by atoms with Crippen LogP contribution in [0.2, 0.25) is 0 Å². The van der Waals surface area contributed by atoms with Gasteiger partial charge in [-0.25, -0.2) is 0 Å². The molecular weight excluding hydrogens is 622 g/mol. The van der Waals surface area contributed by atoms with Gasteiger partial charge in [-0.2, -0.15) is 0 Å². The fraction of sp³-hybridized carbons (Fsp3) is 0.0645. The first kappa shape index (κ1) is 26.3. The predicted octanol–water partition coefficient (Wildman–Crippen LogP) is 1.21. The van der Waals surface area contributed by atoms with E-state index < -0.39 is 0 Å². The number of hydrogen-bond acceptors (Lipinski definition) is 0. The SMILES string of the molecule is [Cl-].[Cl-].[Hf+2]=[C](c1ccccc1)c1ccccc1.[c-]1c(C2=CC=CC2)ccc2c1Cc1ccccc1-2. The van der Waals surface area contributed by atoms with Gasteiger partial charge in [-0.3, -0.25) is 0 Å². The topological polar surface area (TPSA) is 0 Å². The van der Waals surface area contributed by atoms with Gasteiger partial charge < -0.3 is 24.8 Å². The summed E-state index contributed by atoms with van der Waals surface area (Å²) in [6.45, 7) is 0. The van der Waals surface area contributed by atoms with Crippen molar-refractivity contribution in [3.63, 3.8) is 0 Å². The van der Waals surface area contributed by atoms with E-state index in [1.165, 1.54) is 47.8 Å². The first-order chi connectivity index (χ1) is 15.8. The number of rotatable bonds is 3. The van der Waals surface area contributed by atoms with Crippen LogP contribution in [0.25, 0.3) is 16.7 Å². The van der Waals surface area contributed by atoms with Crippen LogP contribution in [0.5, 0.6) is 0 Å². The summed E-state index contributed by atoms with van der Waals surface area (Å²) in [4.78, 5) is 0. The van der Waals surface area contributed by atoms with Gasteiger partial charge in [0, 0.05) is 0 Å². The Bertz CT molecular complexity index is 1280. The molecule has 0 saturated heterocycles. The molecule has 0 fully saturated rings. The summed E-state index contributed by atoms with van der Waals surface area (Å²) in [5.41, 5.74) is 10.9. The van der Waals surface area contributed by atoms with Crippen molar-refractivity contribution in [2.24, 2.45) is 0 Å². The molecule has 34 heavy (non-hydrogen) atoms. The van der Waals surface area contributed by atoms with Crippen LogP contribution in [0, 0.1) is 6.07 Å². The number of fused-ring (bicyclic) bond motifs is 3. The van der Waals surface area contributed by atoms with Crippen LogP contribution in [0.1, 0.15) is 34.2 Å². The zero-order valence-electron chi connectivity index (χ0n) is 18.6. The van der Waals surface area contributed by atoms with E-state index >= 15 is 0 Å². The van der Waals surface area contributed by atoms with E-state index in [1.54, 1.807) is 0 Å². The van der Waals surface area contributed by atoms with Crippen LogP contribution < -0.4 is 24.8 Å². The van der Waals surface area contributed by atoms with Gasteiger partial charge in [-0.1, -0.05) is 47.5 Å². The van der Waals surface area contributed by atoms with E-state index in [1.807, 2.05) is 0 Å². The van der Waals surface area contributed by atoms with Crippen molar-refractivity contribution in [1.82, 2.24) is 0 Å². The van der Waals surface area contributed by atoms with E-state index in [4.69, 9.17) is 0 Å². The Morgan fingerprint density at radius 1 is 0.676 bits per heavy atom. The van der Waals surface area contributed by atoms with E-state index in [0.717, 1.165) is 36.7 Å². The Morgan fingerprint density at radius 3 is 1.91 bits per heavy atom. The van der Waals surface area contributed by atoms with Crippen LogP contribution in [0.3, 0.4) is 0 Å². The number of halogens is 2. The van der Waals surface area contributed by atoms with E-state index in [0.29, 0.717) is 0 Å². The Morgan fingerprint density at radius 2 is 1.29 bits per heavy atom. The van der Waals surface area contributed by atoms with Gasteiger partial charge in [0.05, 0.1) is 0 Å². The predicted molar refractivity (Wildman–Crippen MR) is 131 cm³/mol.